The molecule has 0 aliphatic heterocycles. The van der Waals surface area contributed by atoms with Gasteiger partial charge >= 0.3 is 0 Å². The molecule has 0 amide bonds. The van der Waals surface area contributed by atoms with Gasteiger partial charge in [0.05, 0.1) is 0 Å². The highest BCUT2D eigenvalue weighted by molar-refractivity contribution is 5.17. The van der Waals surface area contributed by atoms with Crippen molar-refractivity contribution in [2.24, 2.45) is 5.92 Å². The van der Waals surface area contributed by atoms with Crippen LogP contribution in [0.1, 0.15) is 24.8 Å². The highest BCUT2D eigenvalue weighted by Crippen LogP contribution is 2.30. The molecule has 2 rings (SSSR count). The van der Waals surface area contributed by atoms with Crippen LogP contribution in [0.15, 0.2) is 24.3 Å². The Bertz CT molecular complexity index is 320. The van der Waals surface area contributed by atoms with Crippen LogP contribution in [-0.4, -0.2) is 13.1 Å². The zero-order valence-electron chi connectivity index (χ0n) is 9.17. The second-order valence-electron chi connectivity index (χ2n) is 4.42. The summed E-state index contributed by atoms with van der Waals surface area (Å²) in [5.41, 5.74) is 1.10. The molecule has 1 atom stereocenters. The maximum absolute atomic E-state index is 13.0. The van der Waals surface area contributed by atoms with Gasteiger partial charge in [0.2, 0.25) is 0 Å². The lowest BCUT2D eigenvalue weighted by atomic mass is 9.78. The minimum absolute atomic E-state index is 0.129. The topological polar surface area (TPSA) is 12.0 Å². The minimum Gasteiger partial charge on any atom is -0.316 e. The Kier molecular flexibility index (Phi) is 3.37. The third-order valence-electron chi connectivity index (χ3n) is 3.43. The molecule has 1 nitrogen and oxygen atoms in total. The van der Waals surface area contributed by atoms with Crippen molar-refractivity contribution in [3.8, 4) is 0 Å². The number of benzene rings is 1. The summed E-state index contributed by atoms with van der Waals surface area (Å²) in [5, 5.41) is 3.35. The lowest BCUT2D eigenvalue weighted by molar-refractivity contribution is 0.235. The fourth-order valence-electron chi connectivity index (χ4n) is 2.26. The molecule has 15 heavy (non-hydrogen) atoms. The van der Waals surface area contributed by atoms with Gasteiger partial charge < -0.3 is 5.32 Å². The van der Waals surface area contributed by atoms with Crippen LogP contribution in [-0.2, 0) is 6.42 Å². The lowest BCUT2D eigenvalue weighted by Crippen LogP contribution is -2.39. The number of likely N-dealkylation sites (N-methyl/N-ethyl adjacent to an activating group) is 1. The highest BCUT2D eigenvalue weighted by atomic mass is 19.1. The summed E-state index contributed by atoms with van der Waals surface area (Å²) in [4.78, 5) is 0. The molecule has 1 saturated carbocycles. The molecule has 0 aromatic heterocycles. The van der Waals surface area contributed by atoms with Crippen LogP contribution in [0.5, 0.6) is 0 Å². The Hall–Kier alpha value is -0.890. The van der Waals surface area contributed by atoms with Crippen LogP contribution < -0.4 is 5.32 Å². The van der Waals surface area contributed by atoms with Crippen molar-refractivity contribution in [1.29, 1.82) is 0 Å². The Morgan fingerprint density at radius 3 is 2.80 bits per heavy atom. The van der Waals surface area contributed by atoms with E-state index in [1.165, 1.54) is 25.3 Å². The molecule has 0 spiro atoms. The molecule has 1 fully saturated rings. The molecule has 1 aromatic carbocycles. The first-order valence-corrected chi connectivity index (χ1v) is 5.71. The Morgan fingerprint density at radius 1 is 1.47 bits per heavy atom. The first-order chi connectivity index (χ1) is 7.29. The Labute approximate surface area is 90.7 Å². The van der Waals surface area contributed by atoms with Crippen LogP contribution in [0.25, 0.3) is 0 Å². The van der Waals surface area contributed by atoms with E-state index in [-0.39, 0.29) is 5.82 Å². The zero-order chi connectivity index (χ0) is 10.7. The molecule has 0 bridgehead atoms. The summed E-state index contributed by atoms with van der Waals surface area (Å²) >= 11 is 0. The van der Waals surface area contributed by atoms with Crippen molar-refractivity contribution in [3.63, 3.8) is 0 Å². The highest BCUT2D eigenvalue weighted by Gasteiger charge is 2.25. The summed E-state index contributed by atoms with van der Waals surface area (Å²) in [7, 11) is 2.00. The summed E-state index contributed by atoms with van der Waals surface area (Å²) < 4.78 is 13.0. The number of hydrogen-bond donors (Lipinski definition) is 1. The van der Waals surface area contributed by atoms with E-state index in [4.69, 9.17) is 0 Å². The normalized spacial score (nSPS) is 18.5. The van der Waals surface area contributed by atoms with Crippen molar-refractivity contribution in [1.82, 2.24) is 5.32 Å². The number of halogens is 1. The van der Waals surface area contributed by atoms with E-state index in [0.29, 0.717) is 6.04 Å². The molecular formula is C13H18FN. The van der Waals surface area contributed by atoms with Crippen molar-refractivity contribution in [2.75, 3.05) is 7.05 Å². The van der Waals surface area contributed by atoms with Gasteiger partial charge in [0.25, 0.3) is 0 Å². The van der Waals surface area contributed by atoms with Crippen molar-refractivity contribution < 1.29 is 4.39 Å². The summed E-state index contributed by atoms with van der Waals surface area (Å²) in [6, 6.07) is 7.45. The maximum atomic E-state index is 13.0. The van der Waals surface area contributed by atoms with Crippen molar-refractivity contribution in [2.45, 2.75) is 31.7 Å². The fraction of sp³-hybridized carbons (Fsp3) is 0.538. The SMILES string of the molecule is CNC(Cc1cccc(F)c1)C1CCC1. The minimum atomic E-state index is -0.129. The van der Waals surface area contributed by atoms with Gasteiger partial charge in [0.15, 0.2) is 0 Å². The van der Waals surface area contributed by atoms with Crippen molar-refractivity contribution in [3.05, 3.63) is 35.6 Å². The third kappa shape index (κ3) is 2.57. The van der Waals surface area contributed by atoms with E-state index in [2.05, 4.69) is 5.32 Å². The average molecular weight is 207 g/mol. The molecule has 1 N–H and O–H groups in total. The smallest absolute Gasteiger partial charge is 0.123 e. The van der Waals surface area contributed by atoms with Crippen LogP contribution >= 0.6 is 0 Å². The molecule has 1 unspecified atom stereocenters. The zero-order valence-corrected chi connectivity index (χ0v) is 9.17. The molecule has 1 aliphatic carbocycles. The van der Waals surface area contributed by atoms with Gasteiger partial charge in [-0.15, -0.1) is 0 Å². The van der Waals surface area contributed by atoms with E-state index in [0.717, 1.165) is 17.9 Å². The van der Waals surface area contributed by atoms with Crippen molar-refractivity contribution >= 4 is 0 Å². The quantitative estimate of drug-likeness (QED) is 0.800. The van der Waals surface area contributed by atoms with E-state index >= 15 is 0 Å². The summed E-state index contributed by atoms with van der Waals surface area (Å²) in [5.74, 6) is 0.661. The molecule has 1 aliphatic rings. The molecule has 0 heterocycles. The van der Waals surface area contributed by atoms with Gasteiger partial charge in [-0.3, -0.25) is 0 Å². The standard InChI is InChI=1S/C13H18FN/c1-15-13(11-5-3-6-11)9-10-4-2-7-12(14)8-10/h2,4,7-8,11,13,15H,3,5-6,9H2,1H3. The summed E-state index contributed by atoms with van der Waals surface area (Å²) in [6.07, 6.45) is 4.94. The second-order valence-corrected chi connectivity index (χ2v) is 4.42. The second kappa shape index (κ2) is 4.75. The molecule has 82 valence electrons. The van der Waals surface area contributed by atoms with E-state index in [9.17, 15) is 4.39 Å². The molecule has 1 aromatic rings. The van der Waals surface area contributed by atoms with Gasteiger partial charge in [0, 0.05) is 6.04 Å². The third-order valence-corrected chi connectivity index (χ3v) is 3.43. The Balaban J connectivity index is 1.99. The van der Waals surface area contributed by atoms with Gasteiger partial charge in [-0.05, 0) is 49.9 Å². The fourth-order valence-corrected chi connectivity index (χ4v) is 2.26. The molecule has 0 saturated heterocycles. The van der Waals surface area contributed by atoms with E-state index in [1.54, 1.807) is 12.1 Å². The number of nitrogens with one attached hydrogen (secondary N) is 1. The van der Waals surface area contributed by atoms with Gasteiger partial charge in [-0.25, -0.2) is 4.39 Å². The maximum Gasteiger partial charge on any atom is 0.123 e. The molecular weight excluding hydrogens is 189 g/mol. The lowest BCUT2D eigenvalue weighted by Gasteiger charge is -2.33. The average Bonchev–Trinajstić information content (AvgIpc) is 2.14. The van der Waals surface area contributed by atoms with E-state index < -0.39 is 0 Å². The van der Waals surface area contributed by atoms with Crippen LogP contribution in [0.2, 0.25) is 0 Å². The monoisotopic (exact) mass is 207 g/mol. The predicted octanol–water partition coefficient (Wildman–Crippen LogP) is 2.76. The predicted molar refractivity (Wildman–Crippen MR) is 60.3 cm³/mol. The van der Waals surface area contributed by atoms with E-state index in [1.807, 2.05) is 13.1 Å². The van der Waals surface area contributed by atoms with Crippen LogP contribution in [0.4, 0.5) is 4.39 Å². The van der Waals surface area contributed by atoms with Gasteiger partial charge in [-0.2, -0.15) is 0 Å². The molecule has 2 heteroatoms. The largest absolute Gasteiger partial charge is 0.316 e. The van der Waals surface area contributed by atoms with Gasteiger partial charge in [0.1, 0.15) is 5.82 Å². The first-order valence-electron chi connectivity index (χ1n) is 5.71. The van der Waals surface area contributed by atoms with Crippen LogP contribution in [0.3, 0.4) is 0 Å². The summed E-state index contributed by atoms with van der Waals surface area (Å²) in [6.45, 7) is 0. The molecule has 0 radical (unpaired) electrons. The number of rotatable bonds is 4. The Morgan fingerprint density at radius 2 is 2.27 bits per heavy atom. The number of hydrogen-bond acceptors (Lipinski definition) is 1. The van der Waals surface area contributed by atoms with Gasteiger partial charge in [-0.1, -0.05) is 18.6 Å². The first kappa shape index (κ1) is 10.6. The van der Waals surface area contributed by atoms with Crippen LogP contribution in [0, 0.1) is 11.7 Å².